The molecule has 0 aromatic heterocycles. The molecule has 1 amide bonds. The number of amides is 1. The zero-order valence-corrected chi connectivity index (χ0v) is 12.9. The lowest BCUT2D eigenvalue weighted by Crippen LogP contribution is -2.32. The van der Waals surface area contributed by atoms with Gasteiger partial charge in [-0.2, -0.15) is 0 Å². The van der Waals surface area contributed by atoms with Gasteiger partial charge in [0.25, 0.3) is 0 Å². The Labute approximate surface area is 128 Å². The van der Waals surface area contributed by atoms with Gasteiger partial charge in [-0.15, -0.1) is 0 Å². The number of halogens is 1. The van der Waals surface area contributed by atoms with Crippen LogP contribution in [-0.4, -0.2) is 29.3 Å². The lowest BCUT2D eigenvalue weighted by atomic mass is 10.1. The van der Waals surface area contributed by atoms with Gasteiger partial charge in [0, 0.05) is 6.54 Å². The number of hydrogen-bond acceptors (Lipinski definition) is 3. The number of nitrogens with one attached hydrogen (secondary N) is 1. The Balaban J connectivity index is 2.45. The average Bonchev–Trinajstić information content (AvgIpc) is 2.37. The summed E-state index contributed by atoms with van der Waals surface area (Å²) in [7, 11) is 0. The van der Waals surface area contributed by atoms with E-state index < -0.39 is 23.5 Å². The maximum atomic E-state index is 13.2. The second-order valence-corrected chi connectivity index (χ2v) is 5.66. The molecule has 2 N–H and O–H groups in total. The second kappa shape index (κ2) is 7.59. The smallest absolute Gasteiger partial charge is 0.407 e. The van der Waals surface area contributed by atoms with E-state index in [4.69, 9.17) is 9.84 Å². The number of aromatic carboxylic acids is 1. The highest BCUT2D eigenvalue weighted by molar-refractivity contribution is 5.88. The van der Waals surface area contributed by atoms with Gasteiger partial charge in [0.15, 0.2) is 0 Å². The van der Waals surface area contributed by atoms with E-state index in [0.29, 0.717) is 18.5 Å². The van der Waals surface area contributed by atoms with Crippen molar-refractivity contribution in [2.75, 3.05) is 6.54 Å². The van der Waals surface area contributed by atoms with E-state index in [9.17, 15) is 14.0 Å². The first-order valence-corrected chi connectivity index (χ1v) is 6.85. The van der Waals surface area contributed by atoms with Crippen LogP contribution in [0.25, 0.3) is 6.08 Å². The minimum Gasteiger partial charge on any atom is -0.478 e. The first-order valence-electron chi connectivity index (χ1n) is 6.85. The summed E-state index contributed by atoms with van der Waals surface area (Å²) < 4.78 is 18.3. The van der Waals surface area contributed by atoms with Crippen LogP contribution in [0, 0.1) is 5.82 Å². The third kappa shape index (κ3) is 6.39. The Morgan fingerprint density at radius 3 is 2.64 bits per heavy atom. The standard InChI is InChI=1S/C16H20FNO4/c1-16(2,3)22-15(21)18-9-5-4-6-11-7-8-13(17)12(10-11)14(19)20/h4,6-8,10H,5,9H2,1-3H3,(H,18,21)(H,19,20). The second-order valence-electron chi connectivity index (χ2n) is 5.66. The minimum atomic E-state index is -1.31. The number of ether oxygens (including phenoxy) is 1. The summed E-state index contributed by atoms with van der Waals surface area (Å²) in [6.45, 7) is 5.72. The van der Waals surface area contributed by atoms with Crippen molar-refractivity contribution >= 4 is 18.1 Å². The van der Waals surface area contributed by atoms with Crippen LogP contribution in [0.2, 0.25) is 0 Å². The highest BCUT2D eigenvalue weighted by atomic mass is 19.1. The molecule has 0 heterocycles. The van der Waals surface area contributed by atoms with Gasteiger partial charge in [0.2, 0.25) is 0 Å². The fourth-order valence-corrected chi connectivity index (χ4v) is 1.60. The van der Waals surface area contributed by atoms with Crippen molar-refractivity contribution in [2.45, 2.75) is 32.8 Å². The van der Waals surface area contributed by atoms with Crippen molar-refractivity contribution in [2.24, 2.45) is 0 Å². The van der Waals surface area contributed by atoms with Gasteiger partial charge in [0.05, 0.1) is 5.56 Å². The van der Waals surface area contributed by atoms with E-state index in [1.165, 1.54) is 12.1 Å². The molecule has 0 unspecified atom stereocenters. The van der Waals surface area contributed by atoms with Gasteiger partial charge in [-0.25, -0.2) is 14.0 Å². The van der Waals surface area contributed by atoms with E-state index in [0.717, 1.165) is 6.07 Å². The molecule has 6 heteroatoms. The Hall–Kier alpha value is -2.37. The van der Waals surface area contributed by atoms with Crippen molar-refractivity contribution in [1.29, 1.82) is 0 Å². The van der Waals surface area contributed by atoms with Gasteiger partial charge in [0.1, 0.15) is 11.4 Å². The molecular formula is C16H20FNO4. The van der Waals surface area contributed by atoms with E-state index >= 15 is 0 Å². The van der Waals surface area contributed by atoms with Crippen molar-refractivity contribution in [3.05, 3.63) is 41.2 Å². The van der Waals surface area contributed by atoms with E-state index in [2.05, 4.69) is 5.32 Å². The van der Waals surface area contributed by atoms with Crippen molar-refractivity contribution < 1.29 is 23.8 Å². The lowest BCUT2D eigenvalue weighted by Gasteiger charge is -2.19. The zero-order valence-electron chi connectivity index (χ0n) is 12.9. The number of alkyl carbamates (subject to hydrolysis) is 1. The Kier molecular flexibility index (Phi) is 6.10. The van der Waals surface area contributed by atoms with E-state index in [1.54, 1.807) is 32.9 Å². The van der Waals surface area contributed by atoms with E-state index in [-0.39, 0.29) is 5.56 Å². The summed E-state index contributed by atoms with van der Waals surface area (Å²) in [5.74, 6) is -2.07. The summed E-state index contributed by atoms with van der Waals surface area (Å²) in [6, 6.07) is 3.86. The predicted octanol–water partition coefficient (Wildman–Crippen LogP) is 3.45. The monoisotopic (exact) mass is 309 g/mol. The number of benzene rings is 1. The predicted molar refractivity (Wildman–Crippen MR) is 81.2 cm³/mol. The SMILES string of the molecule is CC(C)(C)OC(=O)NCCC=Cc1ccc(F)c(C(=O)O)c1. The van der Waals surface area contributed by atoms with Crippen LogP contribution >= 0.6 is 0 Å². The quantitative estimate of drug-likeness (QED) is 0.817. The Morgan fingerprint density at radius 2 is 2.05 bits per heavy atom. The lowest BCUT2D eigenvalue weighted by molar-refractivity contribution is 0.0528. The summed E-state index contributed by atoms with van der Waals surface area (Å²) in [5, 5.41) is 11.4. The molecule has 0 fully saturated rings. The molecule has 0 aliphatic carbocycles. The molecule has 1 rings (SSSR count). The van der Waals surface area contributed by atoms with Crippen LogP contribution in [-0.2, 0) is 4.74 Å². The Bertz CT molecular complexity index is 576. The zero-order chi connectivity index (χ0) is 16.8. The summed E-state index contributed by atoms with van der Waals surface area (Å²) >= 11 is 0. The molecule has 5 nitrogen and oxygen atoms in total. The largest absolute Gasteiger partial charge is 0.478 e. The molecule has 1 aromatic carbocycles. The number of rotatable bonds is 5. The third-order valence-electron chi connectivity index (χ3n) is 2.51. The number of hydrogen-bond donors (Lipinski definition) is 2. The topological polar surface area (TPSA) is 75.6 Å². The maximum Gasteiger partial charge on any atom is 0.407 e. The normalized spacial score (nSPS) is 11.5. The molecule has 120 valence electrons. The summed E-state index contributed by atoms with van der Waals surface area (Å²) in [6.07, 6.45) is 3.48. The first-order chi connectivity index (χ1) is 10.2. The average molecular weight is 309 g/mol. The van der Waals surface area contributed by atoms with Crippen molar-refractivity contribution in [1.82, 2.24) is 5.32 Å². The number of carboxylic acids is 1. The van der Waals surface area contributed by atoms with Crippen LogP contribution in [0.1, 0.15) is 43.1 Å². The van der Waals surface area contributed by atoms with Gasteiger partial charge in [-0.1, -0.05) is 18.2 Å². The van der Waals surface area contributed by atoms with Crippen molar-refractivity contribution in [3.8, 4) is 0 Å². The van der Waals surface area contributed by atoms with Crippen LogP contribution < -0.4 is 5.32 Å². The molecular weight excluding hydrogens is 289 g/mol. The summed E-state index contributed by atoms with van der Waals surface area (Å²) in [5.41, 5.74) is -0.327. The molecule has 0 spiro atoms. The molecule has 1 aromatic rings. The molecule has 0 saturated carbocycles. The Morgan fingerprint density at radius 1 is 1.36 bits per heavy atom. The van der Waals surface area contributed by atoms with Crippen LogP contribution in [0.4, 0.5) is 9.18 Å². The highest BCUT2D eigenvalue weighted by Crippen LogP contribution is 2.12. The molecule has 0 aliphatic rings. The highest BCUT2D eigenvalue weighted by Gasteiger charge is 2.15. The molecule has 0 bridgehead atoms. The third-order valence-corrected chi connectivity index (χ3v) is 2.51. The molecule has 0 radical (unpaired) electrons. The molecule has 22 heavy (non-hydrogen) atoms. The minimum absolute atomic E-state index is 0.367. The van der Waals surface area contributed by atoms with Gasteiger partial charge >= 0.3 is 12.1 Å². The first kappa shape index (κ1) is 17.7. The number of carbonyl (C=O) groups excluding carboxylic acids is 1. The van der Waals surface area contributed by atoms with Gasteiger partial charge in [-0.3, -0.25) is 0 Å². The van der Waals surface area contributed by atoms with Crippen molar-refractivity contribution in [3.63, 3.8) is 0 Å². The maximum absolute atomic E-state index is 13.2. The van der Waals surface area contributed by atoms with Crippen LogP contribution in [0.5, 0.6) is 0 Å². The van der Waals surface area contributed by atoms with E-state index in [1.807, 2.05) is 0 Å². The fourth-order valence-electron chi connectivity index (χ4n) is 1.60. The molecule has 0 saturated heterocycles. The molecule has 0 atom stereocenters. The number of carboxylic acid groups (broad SMARTS) is 1. The number of carbonyl (C=O) groups is 2. The van der Waals surface area contributed by atoms with Crippen LogP contribution in [0.3, 0.4) is 0 Å². The van der Waals surface area contributed by atoms with Crippen LogP contribution in [0.15, 0.2) is 24.3 Å². The summed E-state index contributed by atoms with van der Waals surface area (Å²) in [4.78, 5) is 22.2. The van der Waals surface area contributed by atoms with Gasteiger partial charge < -0.3 is 15.2 Å². The van der Waals surface area contributed by atoms with Gasteiger partial charge in [-0.05, 0) is 44.9 Å². The molecule has 0 aliphatic heterocycles. The fraction of sp³-hybridized carbons (Fsp3) is 0.375.